The van der Waals surface area contributed by atoms with Crippen LogP contribution in [0.25, 0.3) is 5.69 Å². The molecule has 0 amide bonds. The topological polar surface area (TPSA) is 28.5 Å². The molecule has 130 valence electrons. The van der Waals surface area contributed by atoms with Crippen molar-refractivity contribution >= 4 is 5.78 Å². The van der Waals surface area contributed by atoms with Gasteiger partial charge in [0, 0.05) is 51.1 Å². The van der Waals surface area contributed by atoms with Crippen LogP contribution >= 0.6 is 0 Å². The Balaban J connectivity index is 0.00000288. The van der Waals surface area contributed by atoms with E-state index >= 15 is 0 Å². The molecule has 24 heavy (non-hydrogen) atoms. The summed E-state index contributed by atoms with van der Waals surface area (Å²) in [6.45, 7) is 6.32. The van der Waals surface area contributed by atoms with Crippen LogP contribution in [0.4, 0.5) is 0 Å². The van der Waals surface area contributed by atoms with E-state index in [0.717, 1.165) is 35.7 Å². The Morgan fingerprint density at radius 1 is 1.12 bits per heavy atom. The van der Waals surface area contributed by atoms with Gasteiger partial charge in [0.2, 0.25) is 0 Å². The smallest absolute Gasteiger partial charge is 0.178 e. The average Bonchev–Trinajstić information content (AvgIpc) is 2.81. The average molecular weight is 496 g/mol. The van der Waals surface area contributed by atoms with E-state index in [1.807, 2.05) is 65.3 Å². The first kappa shape index (κ1) is 20.8. The summed E-state index contributed by atoms with van der Waals surface area (Å²) in [7, 11) is 6.08. The van der Waals surface area contributed by atoms with E-state index in [1.54, 1.807) is 0 Å². The molecule has 5 heteroatoms. The molecular formula is C19H26N3OW-. The van der Waals surface area contributed by atoms with Crippen LogP contribution < -0.4 is 0 Å². The molecule has 0 unspecified atom stereocenters. The molecule has 0 saturated heterocycles. The van der Waals surface area contributed by atoms with Gasteiger partial charge in [-0.2, -0.15) is 18.2 Å². The molecule has 1 aromatic carbocycles. The number of Topliss-reactive ketones (excluding diaryl/α,β-unsaturated/α-hetero) is 1. The summed E-state index contributed by atoms with van der Waals surface area (Å²) < 4.78 is 2.13. The largest absolute Gasteiger partial charge is 0.341 e. The summed E-state index contributed by atoms with van der Waals surface area (Å²) in [6, 6.07) is 12.8. The van der Waals surface area contributed by atoms with Gasteiger partial charge in [0.1, 0.15) is 0 Å². The number of likely N-dealkylation sites (N-methyl/N-ethyl adjacent to an activating group) is 2. The summed E-state index contributed by atoms with van der Waals surface area (Å²) in [5.41, 5.74) is 3.96. The first-order valence-electron chi connectivity index (χ1n) is 7.92. The Morgan fingerprint density at radius 3 is 2.33 bits per heavy atom. The van der Waals surface area contributed by atoms with Crippen molar-refractivity contribution in [1.82, 2.24) is 14.4 Å². The predicted octanol–water partition coefficient (Wildman–Crippen LogP) is 2.57. The van der Waals surface area contributed by atoms with Crippen molar-refractivity contribution in [3.8, 4) is 5.69 Å². The standard InChI is InChI=1S/C19H26N3O.W/c1-15-13-18(19(23)14-21(5)12-11-20(3)4)16(2)22(15)17-9-7-6-8-10-17;/h7-10,13H,11-12,14H2,1-5H3;/q-1;. The van der Waals surface area contributed by atoms with Crippen LogP contribution in [-0.2, 0) is 21.1 Å². The van der Waals surface area contributed by atoms with Crippen LogP contribution in [0.15, 0.2) is 30.3 Å². The zero-order chi connectivity index (χ0) is 17.0. The minimum atomic E-state index is 0. The zero-order valence-electron chi connectivity index (χ0n) is 15.2. The number of carbonyl (C=O) groups is 1. The molecule has 0 aliphatic rings. The van der Waals surface area contributed by atoms with Gasteiger partial charge in [-0.25, -0.2) is 0 Å². The van der Waals surface area contributed by atoms with E-state index < -0.39 is 0 Å². The minimum absolute atomic E-state index is 0. The Bertz CT molecular complexity index is 665. The molecule has 0 N–H and O–H groups in total. The Labute approximate surface area is 159 Å². The predicted molar refractivity (Wildman–Crippen MR) is 94.5 cm³/mol. The third-order valence-electron chi connectivity index (χ3n) is 4.03. The SMILES string of the molecule is Cc1cc(C(=O)CN(C)CCN(C)C)c(C)n1-c1cc[c-]cc1.[W]. The number of rotatable bonds is 7. The molecule has 0 saturated carbocycles. The number of aromatic nitrogens is 1. The maximum atomic E-state index is 12.6. The first-order valence-corrected chi connectivity index (χ1v) is 7.92. The summed E-state index contributed by atoms with van der Waals surface area (Å²) in [5.74, 6) is 0.174. The van der Waals surface area contributed by atoms with Crippen molar-refractivity contribution in [3.05, 3.63) is 53.3 Å². The molecule has 0 aliphatic heterocycles. The van der Waals surface area contributed by atoms with Crippen molar-refractivity contribution in [1.29, 1.82) is 0 Å². The van der Waals surface area contributed by atoms with Crippen LogP contribution in [0.2, 0.25) is 0 Å². The van der Waals surface area contributed by atoms with Crippen molar-refractivity contribution in [3.63, 3.8) is 0 Å². The Morgan fingerprint density at radius 2 is 1.75 bits per heavy atom. The first-order chi connectivity index (χ1) is 10.9. The second-order valence-electron chi connectivity index (χ2n) is 6.34. The van der Waals surface area contributed by atoms with E-state index in [0.29, 0.717) is 6.54 Å². The van der Waals surface area contributed by atoms with Gasteiger partial charge < -0.3 is 9.47 Å². The Kier molecular flexibility index (Phi) is 8.08. The molecule has 0 aliphatic carbocycles. The fourth-order valence-electron chi connectivity index (χ4n) is 2.75. The fourth-order valence-corrected chi connectivity index (χ4v) is 2.75. The number of benzene rings is 1. The number of aryl methyl sites for hydroxylation is 1. The fraction of sp³-hybridized carbons (Fsp3) is 0.421. The molecule has 0 spiro atoms. The molecule has 0 fully saturated rings. The number of hydrogen-bond donors (Lipinski definition) is 0. The van der Waals surface area contributed by atoms with E-state index in [-0.39, 0.29) is 26.8 Å². The van der Waals surface area contributed by atoms with Gasteiger partial charge in [-0.1, -0.05) is 5.69 Å². The molecule has 1 heterocycles. The molecule has 0 atom stereocenters. The van der Waals surface area contributed by atoms with Crippen LogP contribution in [0, 0.1) is 19.9 Å². The van der Waals surface area contributed by atoms with E-state index in [2.05, 4.69) is 20.4 Å². The molecule has 1 aromatic heterocycles. The summed E-state index contributed by atoms with van der Waals surface area (Å²) in [5, 5.41) is 0. The monoisotopic (exact) mass is 496 g/mol. The van der Waals surface area contributed by atoms with Gasteiger partial charge in [0.05, 0.1) is 6.54 Å². The van der Waals surface area contributed by atoms with Gasteiger partial charge >= 0.3 is 0 Å². The quantitative estimate of drug-likeness (QED) is 0.436. The maximum absolute atomic E-state index is 12.6. The summed E-state index contributed by atoms with van der Waals surface area (Å²) >= 11 is 0. The summed E-state index contributed by atoms with van der Waals surface area (Å²) in [6.07, 6.45) is 0. The van der Waals surface area contributed by atoms with Gasteiger partial charge in [-0.05, 0) is 41.1 Å². The number of hydrogen-bond acceptors (Lipinski definition) is 3. The third-order valence-corrected chi connectivity index (χ3v) is 4.03. The van der Waals surface area contributed by atoms with Crippen molar-refractivity contribution in [2.45, 2.75) is 13.8 Å². The third kappa shape index (κ3) is 5.14. The van der Waals surface area contributed by atoms with E-state index in [1.165, 1.54) is 0 Å². The van der Waals surface area contributed by atoms with Gasteiger partial charge in [0.25, 0.3) is 0 Å². The minimum Gasteiger partial charge on any atom is -0.341 e. The van der Waals surface area contributed by atoms with Crippen LogP contribution in [0.3, 0.4) is 0 Å². The van der Waals surface area contributed by atoms with Gasteiger partial charge in [-0.3, -0.25) is 9.69 Å². The van der Waals surface area contributed by atoms with E-state index in [9.17, 15) is 4.79 Å². The zero-order valence-corrected chi connectivity index (χ0v) is 18.1. The van der Waals surface area contributed by atoms with Crippen LogP contribution in [0.1, 0.15) is 21.7 Å². The molecule has 2 rings (SSSR count). The Hall–Kier alpha value is -1.22. The number of ketones is 1. The number of carbonyl (C=O) groups excluding carboxylic acids is 1. The van der Waals surface area contributed by atoms with E-state index in [4.69, 9.17) is 0 Å². The van der Waals surface area contributed by atoms with Gasteiger partial charge in [-0.15, -0.1) is 12.1 Å². The molecule has 0 bridgehead atoms. The summed E-state index contributed by atoms with van der Waals surface area (Å²) in [4.78, 5) is 16.8. The normalized spacial score (nSPS) is 11.0. The van der Waals surface area contributed by atoms with Crippen LogP contribution in [-0.4, -0.2) is 60.9 Å². The maximum Gasteiger partial charge on any atom is 0.178 e. The van der Waals surface area contributed by atoms with Crippen molar-refractivity contribution in [2.24, 2.45) is 0 Å². The molecule has 4 nitrogen and oxygen atoms in total. The molecule has 0 radical (unpaired) electrons. The second kappa shape index (κ2) is 9.31. The number of nitrogens with zero attached hydrogens (tertiary/aromatic N) is 3. The van der Waals surface area contributed by atoms with Gasteiger partial charge in [0.15, 0.2) is 5.78 Å². The second-order valence-corrected chi connectivity index (χ2v) is 6.34. The van der Waals surface area contributed by atoms with Crippen molar-refractivity contribution < 1.29 is 25.9 Å². The molecular weight excluding hydrogens is 470 g/mol. The van der Waals surface area contributed by atoms with Crippen molar-refractivity contribution in [2.75, 3.05) is 40.8 Å². The van der Waals surface area contributed by atoms with Crippen LogP contribution in [0.5, 0.6) is 0 Å². The molecule has 2 aromatic rings.